The maximum Gasteiger partial charge on any atom is 0.407 e. The second kappa shape index (κ2) is 5.75. The van der Waals surface area contributed by atoms with Crippen molar-refractivity contribution in [1.29, 1.82) is 0 Å². The van der Waals surface area contributed by atoms with Crippen molar-refractivity contribution in [2.75, 3.05) is 13.2 Å². The molecule has 4 unspecified atom stereocenters. The average Bonchev–Trinajstić information content (AvgIpc) is 2.97. The van der Waals surface area contributed by atoms with E-state index in [9.17, 15) is 14.7 Å². The zero-order chi connectivity index (χ0) is 14.8. The van der Waals surface area contributed by atoms with Gasteiger partial charge in [0.2, 0.25) is 0 Å². The maximum absolute atomic E-state index is 11.6. The molecule has 7 heteroatoms. The number of amides is 1. The molecule has 0 aromatic carbocycles. The van der Waals surface area contributed by atoms with Gasteiger partial charge in [0.05, 0.1) is 18.6 Å². The predicted octanol–water partition coefficient (Wildman–Crippen LogP) is -0.189. The normalized spacial score (nSPS) is 27.5. The molecule has 0 saturated heterocycles. The Morgan fingerprint density at radius 2 is 1.89 bits per heavy atom. The number of hydrogen-bond acceptors (Lipinski definition) is 5. The van der Waals surface area contributed by atoms with Crippen LogP contribution in [0.15, 0.2) is 0 Å². The molecular weight excluding hydrogens is 254 g/mol. The fraction of sp³-hybridized carbons (Fsp3) is 0.833. The van der Waals surface area contributed by atoms with Crippen LogP contribution in [0.1, 0.15) is 20.8 Å². The van der Waals surface area contributed by atoms with Crippen molar-refractivity contribution < 1.29 is 29.6 Å². The number of carbonyl (C=O) groups excluding carboxylic acids is 1. The van der Waals surface area contributed by atoms with Gasteiger partial charge in [-0.05, 0) is 20.8 Å². The van der Waals surface area contributed by atoms with Crippen molar-refractivity contribution in [2.45, 2.75) is 32.4 Å². The Bertz CT molecular complexity index is 351. The van der Waals surface area contributed by atoms with Crippen LogP contribution < -0.4 is 5.32 Å². The lowest BCUT2D eigenvalue weighted by atomic mass is 10.1. The van der Waals surface area contributed by atoms with E-state index in [4.69, 9.17) is 14.9 Å². The molecule has 0 aromatic rings. The van der Waals surface area contributed by atoms with E-state index < -0.39 is 48.1 Å². The van der Waals surface area contributed by atoms with Gasteiger partial charge in [0.15, 0.2) is 0 Å². The molecule has 1 aliphatic carbocycles. The number of rotatable bonds is 5. The van der Waals surface area contributed by atoms with Gasteiger partial charge in [0.1, 0.15) is 5.60 Å². The van der Waals surface area contributed by atoms with Crippen molar-refractivity contribution in [3.8, 4) is 0 Å². The molecule has 1 aliphatic rings. The number of carboxylic acids is 1. The van der Waals surface area contributed by atoms with Crippen molar-refractivity contribution in [3.05, 3.63) is 0 Å². The lowest BCUT2D eigenvalue weighted by molar-refractivity contribution is -0.139. The summed E-state index contributed by atoms with van der Waals surface area (Å²) in [6.07, 6.45) is -0.709. The molecule has 7 nitrogen and oxygen atoms in total. The third-order valence-corrected chi connectivity index (χ3v) is 3.09. The minimum atomic E-state index is -1.03. The molecule has 0 radical (unpaired) electrons. The Morgan fingerprint density at radius 1 is 1.32 bits per heavy atom. The number of aliphatic carboxylic acids is 1. The first kappa shape index (κ1) is 15.7. The van der Waals surface area contributed by atoms with Crippen LogP contribution in [0.3, 0.4) is 0 Å². The predicted molar refractivity (Wildman–Crippen MR) is 65.4 cm³/mol. The number of ether oxygens (including phenoxy) is 1. The fourth-order valence-corrected chi connectivity index (χ4v) is 2.25. The maximum atomic E-state index is 11.6. The zero-order valence-electron chi connectivity index (χ0n) is 11.3. The minimum Gasteiger partial charge on any atom is -0.481 e. The Balaban J connectivity index is 2.60. The summed E-state index contributed by atoms with van der Waals surface area (Å²) in [7, 11) is 0. The van der Waals surface area contributed by atoms with Gasteiger partial charge < -0.3 is 25.4 Å². The van der Waals surface area contributed by atoms with Crippen LogP contribution in [0.25, 0.3) is 0 Å². The number of aliphatic hydroxyl groups is 2. The largest absolute Gasteiger partial charge is 0.481 e. The monoisotopic (exact) mass is 275 g/mol. The second-order valence-electron chi connectivity index (χ2n) is 5.72. The van der Waals surface area contributed by atoms with Crippen LogP contribution in [-0.2, 0) is 9.53 Å². The number of carboxylic acid groups (broad SMARTS) is 1. The van der Waals surface area contributed by atoms with Crippen molar-refractivity contribution >= 4 is 12.1 Å². The van der Waals surface area contributed by atoms with E-state index in [1.165, 1.54) is 0 Å². The summed E-state index contributed by atoms with van der Waals surface area (Å²) in [5.41, 5.74) is -0.670. The Labute approximate surface area is 111 Å². The molecule has 0 spiro atoms. The molecule has 1 fully saturated rings. The minimum absolute atomic E-state index is 0.284. The number of aliphatic hydroxyl groups excluding tert-OH is 2. The third-order valence-electron chi connectivity index (χ3n) is 3.09. The van der Waals surface area contributed by atoms with Gasteiger partial charge in [-0.15, -0.1) is 0 Å². The Kier molecular flexibility index (Phi) is 4.75. The molecule has 0 aliphatic heterocycles. The highest BCUT2D eigenvalue weighted by atomic mass is 16.6. The smallest absolute Gasteiger partial charge is 0.407 e. The van der Waals surface area contributed by atoms with E-state index in [0.717, 1.165) is 0 Å². The first-order valence-corrected chi connectivity index (χ1v) is 6.15. The lowest BCUT2D eigenvalue weighted by Crippen LogP contribution is -2.43. The van der Waals surface area contributed by atoms with Crippen molar-refractivity contribution in [3.63, 3.8) is 0 Å². The van der Waals surface area contributed by atoms with Crippen LogP contribution in [0.5, 0.6) is 0 Å². The van der Waals surface area contributed by atoms with Gasteiger partial charge in [0.25, 0.3) is 0 Å². The highest BCUT2D eigenvalue weighted by Crippen LogP contribution is 2.48. The fourth-order valence-electron chi connectivity index (χ4n) is 2.25. The molecule has 4 N–H and O–H groups in total. The first-order chi connectivity index (χ1) is 8.71. The van der Waals surface area contributed by atoms with Gasteiger partial charge in [-0.3, -0.25) is 4.79 Å². The van der Waals surface area contributed by atoms with E-state index in [0.29, 0.717) is 0 Å². The molecule has 0 aromatic heterocycles. The van der Waals surface area contributed by atoms with Gasteiger partial charge >= 0.3 is 12.1 Å². The van der Waals surface area contributed by atoms with Crippen LogP contribution in [-0.4, -0.2) is 52.2 Å². The summed E-state index contributed by atoms with van der Waals surface area (Å²) in [6.45, 7) is 4.43. The molecule has 1 amide bonds. The van der Waals surface area contributed by atoms with Gasteiger partial charge in [-0.1, -0.05) is 0 Å². The van der Waals surface area contributed by atoms with Crippen LogP contribution >= 0.6 is 0 Å². The number of alkyl carbamates (subject to hydrolysis) is 1. The van der Waals surface area contributed by atoms with E-state index in [1.807, 2.05) is 0 Å². The summed E-state index contributed by atoms with van der Waals surface area (Å²) in [6, 6.07) is -0.729. The van der Waals surface area contributed by atoms with E-state index in [2.05, 4.69) is 5.32 Å². The number of hydrogen-bond donors (Lipinski definition) is 4. The van der Waals surface area contributed by atoms with Crippen LogP contribution in [0, 0.1) is 17.8 Å². The lowest BCUT2D eigenvalue weighted by Gasteiger charge is -2.23. The summed E-state index contributed by atoms with van der Waals surface area (Å²) >= 11 is 0. The van der Waals surface area contributed by atoms with Crippen molar-refractivity contribution in [2.24, 2.45) is 17.8 Å². The summed E-state index contributed by atoms with van der Waals surface area (Å²) < 4.78 is 5.04. The van der Waals surface area contributed by atoms with E-state index in [-0.39, 0.29) is 6.61 Å². The van der Waals surface area contributed by atoms with Gasteiger partial charge in [0, 0.05) is 18.4 Å². The molecule has 1 saturated carbocycles. The SMILES string of the molecule is CC(C)(C)OC(=O)NC(CO)C1C(CO)C1C(=O)O. The molecule has 19 heavy (non-hydrogen) atoms. The average molecular weight is 275 g/mol. The Hall–Kier alpha value is -1.34. The highest BCUT2D eigenvalue weighted by molar-refractivity contribution is 5.75. The molecule has 4 atom stereocenters. The molecular formula is C12H21NO6. The highest BCUT2D eigenvalue weighted by Gasteiger charge is 2.58. The van der Waals surface area contributed by atoms with Crippen LogP contribution in [0.2, 0.25) is 0 Å². The quantitative estimate of drug-likeness (QED) is 0.552. The van der Waals surface area contributed by atoms with E-state index >= 15 is 0 Å². The van der Waals surface area contributed by atoms with Crippen LogP contribution in [0.4, 0.5) is 4.79 Å². The summed E-state index contributed by atoms with van der Waals surface area (Å²) in [5, 5.41) is 29.7. The summed E-state index contributed by atoms with van der Waals surface area (Å²) in [5.74, 6) is -2.69. The molecule has 1 rings (SSSR count). The first-order valence-electron chi connectivity index (χ1n) is 6.15. The molecule has 0 heterocycles. The van der Waals surface area contributed by atoms with Gasteiger partial charge in [-0.25, -0.2) is 4.79 Å². The van der Waals surface area contributed by atoms with Gasteiger partial charge in [-0.2, -0.15) is 0 Å². The second-order valence-corrected chi connectivity index (χ2v) is 5.72. The third kappa shape index (κ3) is 4.07. The molecule has 0 bridgehead atoms. The number of nitrogens with one attached hydrogen (secondary N) is 1. The zero-order valence-corrected chi connectivity index (χ0v) is 11.3. The summed E-state index contributed by atoms with van der Waals surface area (Å²) in [4.78, 5) is 22.5. The number of carbonyl (C=O) groups is 2. The Morgan fingerprint density at radius 3 is 2.21 bits per heavy atom. The van der Waals surface area contributed by atoms with Crippen molar-refractivity contribution in [1.82, 2.24) is 5.32 Å². The topological polar surface area (TPSA) is 116 Å². The molecule has 110 valence electrons. The van der Waals surface area contributed by atoms with E-state index in [1.54, 1.807) is 20.8 Å². The standard InChI is InChI=1S/C12H21NO6/c1-12(2,3)19-11(18)13-7(5-15)8-6(4-14)9(8)10(16)17/h6-9,14-15H,4-5H2,1-3H3,(H,13,18)(H,16,17).